The second-order valence-corrected chi connectivity index (χ2v) is 8.82. The van der Waals surface area contributed by atoms with Crippen LogP contribution in [0, 0.1) is 0 Å². The maximum atomic E-state index is 12.9. The Morgan fingerprint density at radius 1 is 1.20 bits per heavy atom. The Labute approximate surface area is 159 Å². The highest BCUT2D eigenvalue weighted by molar-refractivity contribution is 9.10. The lowest BCUT2D eigenvalue weighted by Crippen LogP contribution is -2.37. The maximum absolute atomic E-state index is 12.9. The van der Waals surface area contributed by atoms with Crippen LogP contribution in [0.5, 0.6) is 5.75 Å². The summed E-state index contributed by atoms with van der Waals surface area (Å²) in [5, 5.41) is 1.92. The van der Waals surface area contributed by atoms with Crippen molar-refractivity contribution in [3.8, 4) is 5.75 Å². The molecule has 0 saturated carbocycles. The molecule has 0 spiro atoms. The Morgan fingerprint density at radius 3 is 2.40 bits per heavy atom. The number of rotatable bonds is 8. The number of thiophene rings is 1. The van der Waals surface area contributed by atoms with E-state index in [1.54, 1.807) is 12.1 Å². The minimum Gasteiger partial charge on any atom is -0.497 e. The molecule has 0 aliphatic rings. The van der Waals surface area contributed by atoms with Gasteiger partial charge in [-0.2, -0.15) is 4.31 Å². The first-order chi connectivity index (χ1) is 11.9. The molecule has 0 radical (unpaired) electrons. The van der Waals surface area contributed by atoms with Crippen LogP contribution >= 0.6 is 27.3 Å². The molecule has 0 aliphatic carbocycles. The van der Waals surface area contributed by atoms with Gasteiger partial charge in [-0.15, -0.1) is 11.3 Å². The van der Waals surface area contributed by atoms with Crippen LogP contribution in [0.4, 0.5) is 0 Å². The average Bonchev–Trinajstić information content (AvgIpc) is 3.03. The fourth-order valence-corrected chi connectivity index (χ4v) is 5.05. The van der Waals surface area contributed by atoms with Gasteiger partial charge in [0.1, 0.15) is 12.3 Å². The minimum absolute atomic E-state index is 0.0995. The number of hydrogen-bond donors (Lipinski definition) is 0. The van der Waals surface area contributed by atoms with E-state index in [2.05, 4.69) is 20.7 Å². The van der Waals surface area contributed by atoms with Crippen molar-refractivity contribution in [1.29, 1.82) is 0 Å². The van der Waals surface area contributed by atoms with Crippen LogP contribution in [-0.4, -0.2) is 46.0 Å². The van der Waals surface area contributed by atoms with Crippen LogP contribution in [0.15, 0.2) is 45.1 Å². The van der Waals surface area contributed by atoms with Crippen LogP contribution in [0.2, 0.25) is 0 Å². The van der Waals surface area contributed by atoms with Crippen molar-refractivity contribution in [2.45, 2.75) is 11.3 Å². The highest BCUT2D eigenvalue weighted by Crippen LogP contribution is 2.25. The van der Waals surface area contributed by atoms with E-state index in [1.165, 1.54) is 37.7 Å². The van der Waals surface area contributed by atoms with Gasteiger partial charge in [0.15, 0.2) is 0 Å². The summed E-state index contributed by atoms with van der Waals surface area (Å²) in [5.41, 5.74) is 0. The number of methoxy groups -OCH3 is 2. The first kappa shape index (κ1) is 19.9. The van der Waals surface area contributed by atoms with Gasteiger partial charge >= 0.3 is 5.97 Å². The molecule has 0 saturated heterocycles. The lowest BCUT2D eigenvalue weighted by molar-refractivity contribution is -0.140. The second kappa shape index (κ2) is 8.79. The first-order valence-corrected chi connectivity index (χ1v) is 10.4. The molecule has 1 aromatic carbocycles. The molecule has 0 bridgehead atoms. The number of esters is 1. The van der Waals surface area contributed by atoms with Gasteiger partial charge in [0.2, 0.25) is 10.0 Å². The van der Waals surface area contributed by atoms with Gasteiger partial charge in [0.05, 0.1) is 19.1 Å². The summed E-state index contributed by atoms with van der Waals surface area (Å²) in [6.45, 7) is -0.170. The number of carbonyl (C=O) groups is 1. The summed E-state index contributed by atoms with van der Waals surface area (Å²) < 4.78 is 37.5. The van der Waals surface area contributed by atoms with Gasteiger partial charge in [0, 0.05) is 15.9 Å². The Balaban J connectivity index is 2.25. The smallest absolute Gasteiger partial charge is 0.321 e. The summed E-state index contributed by atoms with van der Waals surface area (Å²) in [5.74, 6) is -0.0525. The number of hydrogen-bond acceptors (Lipinski definition) is 6. The quantitative estimate of drug-likeness (QED) is 0.581. The second-order valence-electron chi connectivity index (χ2n) is 5.03. The topological polar surface area (TPSA) is 72.9 Å². The van der Waals surface area contributed by atoms with E-state index < -0.39 is 16.0 Å². The highest BCUT2D eigenvalue weighted by atomic mass is 79.9. The molecule has 0 aliphatic heterocycles. The van der Waals surface area contributed by atoms with Crippen LogP contribution in [0.25, 0.3) is 0 Å². The third-order valence-electron chi connectivity index (χ3n) is 3.51. The van der Waals surface area contributed by atoms with Crippen molar-refractivity contribution in [1.82, 2.24) is 4.31 Å². The largest absolute Gasteiger partial charge is 0.497 e. The molecule has 9 heteroatoms. The zero-order valence-electron chi connectivity index (χ0n) is 13.8. The van der Waals surface area contributed by atoms with Gasteiger partial charge in [-0.05, 0) is 58.1 Å². The van der Waals surface area contributed by atoms with Crippen molar-refractivity contribution >= 4 is 43.3 Å². The number of halogens is 1. The molecule has 0 amide bonds. The zero-order valence-corrected chi connectivity index (χ0v) is 17.0. The Bertz CT molecular complexity index is 817. The third kappa shape index (κ3) is 5.04. The van der Waals surface area contributed by atoms with Crippen molar-refractivity contribution < 1.29 is 22.7 Å². The molecule has 0 unspecified atom stereocenters. The van der Waals surface area contributed by atoms with Gasteiger partial charge in [0.25, 0.3) is 0 Å². The molecular weight excluding hydrogens is 430 g/mol. The van der Waals surface area contributed by atoms with Crippen molar-refractivity contribution in [3.63, 3.8) is 0 Å². The summed E-state index contributed by atoms with van der Waals surface area (Å²) in [6, 6.07) is 7.96. The molecule has 1 aromatic heterocycles. The van der Waals surface area contributed by atoms with Gasteiger partial charge < -0.3 is 9.47 Å². The van der Waals surface area contributed by atoms with Gasteiger partial charge in [-0.1, -0.05) is 0 Å². The maximum Gasteiger partial charge on any atom is 0.321 e. The molecule has 136 valence electrons. The lowest BCUT2D eigenvalue weighted by Gasteiger charge is -2.21. The van der Waals surface area contributed by atoms with Gasteiger partial charge in [-0.25, -0.2) is 8.42 Å². The summed E-state index contributed by atoms with van der Waals surface area (Å²) >= 11 is 4.96. The fourth-order valence-electron chi connectivity index (χ4n) is 2.12. The molecular formula is C16H18BrNO5S2. The van der Waals surface area contributed by atoms with E-state index in [0.717, 1.165) is 13.7 Å². The monoisotopic (exact) mass is 447 g/mol. The van der Waals surface area contributed by atoms with Crippen LogP contribution in [0.3, 0.4) is 0 Å². The van der Waals surface area contributed by atoms with Crippen molar-refractivity contribution in [2.75, 3.05) is 27.3 Å². The standard InChI is InChI=1S/C16H18BrNO5S2/c1-22-12-3-5-13(6-4-12)25(20,21)18(11-16(19)23-2)9-7-15-14(17)8-10-24-15/h3-6,8,10H,7,9,11H2,1-2H3. The summed E-state index contributed by atoms with van der Waals surface area (Å²) in [7, 11) is -1.09. The third-order valence-corrected chi connectivity index (χ3v) is 7.36. The Hall–Kier alpha value is -1.42. The zero-order chi connectivity index (χ0) is 18.4. The highest BCUT2D eigenvalue weighted by Gasteiger charge is 2.27. The normalized spacial score (nSPS) is 11.5. The van der Waals surface area contributed by atoms with E-state index in [1.807, 2.05) is 11.4 Å². The predicted molar refractivity (Wildman–Crippen MR) is 99.5 cm³/mol. The molecule has 1 heterocycles. The van der Waals surface area contributed by atoms with Crippen LogP contribution in [-0.2, 0) is 26.0 Å². The summed E-state index contributed by atoms with van der Waals surface area (Å²) in [6.07, 6.45) is 0.491. The SMILES string of the molecule is COC(=O)CN(CCc1sccc1Br)S(=O)(=O)c1ccc(OC)cc1. The van der Waals surface area contributed by atoms with E-state index in [4.69, 9.17) is 4.74 Å². The number of benzene rings is 1. The number of carbonyl (C=O) groups excluding carboxylic acids is 1. The molecule has 0 atom stereocenters. The van der Waals surface area contributed by atoms with Crippen LogP contribution < -0.4 is 4.74 Å². The number of nitrogens with zero attached hydrogens (tertiary/aromatic N) is 1. The van der Waals surface area contributed by atoms with E-state index in [9.17, 15) is 13.2 Å². The van der Waals surface area contributed by atoms with E-state index in [0.29, 0.717) is 12.2 Å². The van der Waals surface area contributed by atoms with Crippen LogP contribution in [0.1, 0.15) is 4.88 Å². The van der Waals surface area contributed by atoms with E-state index in [-0.39, 0.29) is 18.0 Å². The molecule has 0 fully saturated rings. The molecule has 0 N–H and O–H groups in total. The minimum atomic E-state index is -3.83. The Kier molecular flexibility index (Phi) is 7.00. The Morgan fingerprint density at radius 2 is 1.88 bits per heavy atom. The molecule has 2 aromatic rings. The average molecular weight is 448 g/mol. The number of sulfonamides is 1. The van der Waals surface area contributed by atoms with E-state index >= 15 is 0 Å². The van der Waals surface area contributed by atoms with Gasteiger partial charge in [-0.3, -0.25) is 4.79 Å². The predicted octanol–water partition coefficient (Wildman–Crippen LogP) is 2.93. The number of ether oxygens (including phenoxy) is 2. The first-order valence-electron chi connectivity index (χ1n) is 7.31. The van der Waals surface area contributed by atoms with Crippen molar-refractivity contribution in [3.05, 3.63) is 45.1 Å². The lowest BCUT2D eigenvalue weighted by atomic mass is 10.3. The molecule has 6 nitrogen and oxygen atoms in total. The molecule has 2 rings (SSSR count). The summed E-state index contributed by atoms with van der Waals surface area (Å²) in [4.78, 5) is 12.8. The van der Waals surface area contributed by atoms with Crippen molar-refractivity contribution in [2.24, 2.45) is 0 Å². The molecule has 25 heavy (non-hydrogen) atoms. The fraction of sp³-hybridized carbons (Fsp3) is 0.312.